The summed E-state index contributed by atoms with van der Waals surface area (Å²) in [6.07, 6.45) is 0. The molecule has 3 nitrogen and oxygen atoms in total. The third kappa shape index (κ3) is 2.18. The van der Waals surface area contributed by atoms with Crippen LogP contribution in [-0.2, 0) is 0 Å². The van der Waals surface area contributed by atoms with E-state index in [1.165, 1.54) is 25.3 Å². The van der Waals surface area contributed by atoms with Crippen molar-refractivity contribution >= 4 is 11.5 Å². The van der Waals surface area contributed by atoms with Gasteiger partial charge in [-0.3, -0.25) is 4.79 Å². The molecule has 0 amide bonds. The van der Waals surface area contributed by atoms with Gasteiger partial charge in [0.15, 0.2) is 5.78 Å². The number of ketones is 1. The van der Waals surface area contributed by atoms with E-state index in [1.54, 1.807) is 24.3 Å². The Balaban J connectivity index is 2.44. The van der Waals surface area contributed by atoms with Crippen LogP contribution < -0.4 is 10.5 Å². The maximum Gasteiger partial charge on any atom is 0.195 e. The van der Waals surface area contributed by atoms with Crippen LogP contribution in [0.3, 0.4) is 0 Å². The van der Waals surface area contributed by atoms with Gasteiger partial charge in [-0.15, -0.1) is 0 Å². The summed E-state index contributed by atoms with van der Waals surface area (Å²) in [5.74, 6) is -0.356. The molecular weight excluding hydrogens is 233 g/mol. The van der Waals surface area contributed by atoms with Gasteiger partial charge in [0, 0.05) is 11.1 Å². The second kappa shape index (κ2) is 4.87. The van der Waals surface area contributed by atoms with E-state index >= 15 is 0 Å². The molecule has 0 radical (unpaired) electrons. The smallest absolute Gasteiger partial charge is 0.195 e. The molecule has 2 N–H and O–H groups in total. The van der Waals surface area contributed by atoms with Crippen LogP contribution in [0.5, 0.6) is 5.75 Å². The normalized spacial score (nSPS) is 10.1. The van der Waals surface area contributed by atoms with E-state index < -0.39 is 5.82 Å². The molecule has 18 heavy (non-hydrogen) atoms. The zero-order valence-electron chi connectivity index (χ0n) is 9.81. The van der Waals surface area contributed by atoms with Crippen molar-refractivity contribution in [3.63, 3.8) is 0 Å². The molecule has 2 rings (SSSR count). The SMILES string of the molecule is COc1cccc(C(=O)c2cccc(F)c2N)c1. The minimum atomic E-state index is -0.594. The molecule has 0 saturated heterocycles. The summed E-state index contributed by atoms with van der Waals surface area (Å²) in [6, 6.07) is 10.8. The number of methoxy groups -OCH3 is 1. The lowest BCUT2D eigenvalue weighted by molar-refractivity contribution is 0.103. The van der Waals surface area contributed by atoms with Crippen molar-refractivity contribution in [3.05, 3.63) is 59.4 Å². The maximum atomic E-state index is 13.3. The minimum Gasteiger partial charge on any atom is -0.497 e. The molecule has 0 atom stereocenters. The quantitative estimate of drug-likeness (QED) is 0.668. The zero-order valence-corrected chi connectivity index (χ0v) is 9.81. The van der Waals surface area contributed by atoms with Crippen molar-refractivity contribution in [2.75, 3.05) is 12.8 Å². The molecule has 0 unspecified atom stereocenters. The van der Waals surface area contributed by atoms with E-state index in [4.69, 9.17) is 10.5 Å². The van der Waals surface area contributed by atoms with Crippen LogP contribution in [0.1, 0.15) is 15.9 Å². The number of nitrogens with two attached hydrogens (primary N) is 1. The van der Waals surface area contributed by atoms with Crippen molar-refractivity contribution < 1.29 is 13.9 Å². The van der Waals surface area contributed by atoms with Crippen LogP contribution in [0.4, 0.5) is 10.1 Å². The van der Waals surface area contributed by atoms with Crippen molar-refractivity contribution in [2.24, 2.45) is 0 Å². The van der Waals surface area contributed by atoms with Crippen molar-refractivity contribution in [3.8, 4) is 5.75 Å². The first kappa shape index (κ1) is 12.1. The fourth-order valence-corrected chi connectivity index (χ4v) is 1.65. The zero-order chi connectivity index (χ0) is 13.1. The molecule has 0 saturated carbocycles. The molecule has 0 aliphatic heterocycles. The second-order valence-electron chi connectivity index (χ2n) is 3.76. The van der Waals surface area contributed by atoms with Gasteiger partial charge < -0.3 is 10.5 Å². The predicted molar refractivity (Wildman–Crippen MR) is 67.2 cm³/mol. The first-order valence-electron chi connectivity index (χ1n) is 5.36. The Kier molecular flexibility index (Phi) is 3.28. The van der Waals surface area contributed by atoms with E-state index in [1.807, 2.05) is 0 Å². The van der Waals surface area contributed by atoms with Crippen LogP contribution in [0.15, 0.2) is 42.5 Å². The Morgan fingerprint density at radius 2 is 1.94 bits per heavy atom. The third-order valence-electron chi connectivity index (χ3n) is 2.63. The average Bonchev–Trinajstić information content (AvgIpc) is 2.41. The number of nitrogen functional groups attached to an aromatic ring is 1. The van der Waals surface area contributed by atoms with Gasteiger partial charge in [-0.2, -0.15) is 0 Å². The average molecular weight is 245 g/mol. The largest absolute Gasteiger partial charge is 0.497 e. The predicted octanol–water partition coefficient (Wildman–Crippen LogP) is 2.65. The standard InChI is InChI=1S/C14H12FNO2/c1-18-10-5-2-4-9(8-10)14(17)11-6-3-7-12(15)13(11)16/h2-8H,16H2,1H3. The number of benzene rings is 2. The molecule has 2 aromatic rings. The monoisotopic (exact) mass is 245 g/mol. The van der Waals surface area contributed by atoms with Gasteiger partial charge in [-0.1, -0.05) is 18.2 Å². The number of anilines is 1. The van der Waals surface area contributed by atoms with E-state index in [2.05, 4.69) is 0 Å². The highest BCUT2D eigenvalue weighted by atomic mass is 19.1. The van der Waals surface area contributed by atoms with E-state index in [0.29, 0.717) is 11.3 Å². The Labute approximate surface area is 104 Å². The Hall–Kier alpha value is -2.36. The summed E-state index contributed by atoms with van der Waals surface area (Å²) < 4.78 is 18.3. The summed E-state index contributed by atoms with van der Waals surface area (Å²) in [4.78, 5) is 12.2. The molecule has 0 spiro atoms. The maximum absolute atomic E-state index is 13.3. The highest BCUT2D eigenvalue weighted by Gasteiger charge is 2.14. The molecule has 0 heterocycles. The van der Waals surface area contributed by atoms with E-state index in [-0.39, 0.29) is 17.0 Å². The van der Waals surface area contributed by atoms with Gasteiger partial charge in [-0.05, 0) is 24.3 Å². The number of para-hydroxylation sites is 1. The number of hydrogen-bond donors (Lipinski definition) is 1. The molecular formula is C14H12FNO2. The van der Waals surface area contributed by atoms with Crippen LogP contribution >= 0.6 is 0 Å². The van der Waals surface area contributed by atoms with Gasteiger partial charge in [-0.25, -0.2) is 4.39 Å². The molecule has 0 aliphatic carbocycles. The Bertz CT molecular complexity index is 596. The Morgan fingerprint density at radius 3 is 2.67 bits per heavy atom. The van der Waals surface area contributed by atoms with Crippen LogP contribution in [0.2, 0.25) is 0 Å². The van der Waals surface area contributed by atoms with Gasteiger partial charge >= 0.3 is 0 Å². The van der Waals surface area contributed by atoms with Crippen LogP contribution in [-0.4, -0.2) is 12.9 Å². The number of ether oxygens (including phenoxy) is 1. The van der Waals surface area contributed by atoms with Crippen molar-refractivity contribution in [2.45, 2.75) is 0 Å². The molecule has 92 valence electrons. The number of rotatable bonds is 3. The lowest BCUT2D eigenvalue weighted by Crippen LogP contribution is -2.07. The number of carbonyl (C=O) groups excluding carboxylic acids is 1. The van der Waals surface area contributed by atoms with Gasteiger partial charge in [0.25, 0.3) is 0 Å². The molecule has 0 aromatic heterocycles. The number of halogens is 1. The molecule has 4 heteroatoms. The first-order valence-corrected chi connectivity index (χ1v) is 5.36. The fourth-order valence-electron chi connectivity index (χ4n) is 1.65. The minimum absolute atomic E-state index is 0.134. The second-order valence-corrected chi connectivity index (χ2v) is 3.76. The summed E-state index contributed by atoms with van der Waals surface area (Å²) >= 11 is 0. The highest BCUT2D eigenvalue weighted by molar-refractivity contribution is 6.12. The molecule has 0 aliphatic rings. The van der Waals surface area contributed by atoms with Gasteiger partial charge in [0.1, 0.15) is 11.6 Å². The summed E-state index contributed by atoms with van der Waals surface area (Å²) in [5, 5.41) is 0. The molecule has 0 fully saturated rings. The fraction of sp³-hybridized carbons (Fsp3) is 0.0714. The topological polar surface area (TPSA) is 52.3 Å². The number of carbonyl (C=O) groups is 1. The van der Waals surface area contributed by atoms with Crippen molar-refractivity contribution in [1.29, 1.82) is 0 Å². The molecule has 0 bridgehead atoms. The highest BCUT2D eigenvalue weighted by Crippen LogP contribution is 2.21. The third-order valence-corrected chi connectivity index (χ3v) is 2.63. The van der Waals surface area contributed by atoms with Crippen LogP contribution in [0.25, 0.3) is 0 Å². The number of hydrogen-bond acceptors (Lipinski definition) is 3. The first-order chi connectivity index (χ1) is 8.63. The Morgan fingerprint density at radius 1 is 1.22 bits per heavy atom. The van der Waals surface area contributed by atoms with E-state index in [0.717, 1.165) is 0 Å². The lowest BCUT2D eigenvalue weighted by atomic mass is 10.0. The van der Waals surface area contributed by atoms with Crippen LogP contribution in [0, 0.1) is 5.82 Å². The lowest BCUT2D eigenvalue weighted by Gasteiger charge is -2.07. The van der Waals surface area contributed by atoms with Gasteiger partial charge in [0.05, 0.1) is 12.8 Å². The van der Waals surface area contributed by atoms with Gasteiger partial charge in [0.2, 0.25) is 0 Å². The molecule has 2 aromatic carbocycles. The van der Waals surface area contributed by atoms with Crippen molar-refractivity contribution in [1.82, 2.24) is 0 Å². The summed E-state index contributed by atoms with van der Waals surface area (Å²) in [7, 11) is 1.51. The summed E-state index contributed by atoms with van der Waals surface area (Å²) in [6.45, 7) is 0. The summed E-state index contributed by atoms with van der Waals surface area (Å²) in [5.41, 5.74) is 6.00. The van der Waals surface area contributed by atoms with E-state index in [9.17, 15) is 9.18 Å².